The summed E-state index contributed by atoms with van der Waals surface area (Å²) in [6.07, 6.45) is 9.65. The predicted molar refractivity (Wildman–Crippen MR) is 141 cm³/mol. The lowest BCUT2D eigenvalue weighted by Gasteiger charge is -2.68. The average molecular weight is 506 g/mol. The lowest BCUT2D eigenvalue weighted by atomic mass is 9.34. The summed E-state index contributed by atoms with van der Waals surface area (Å²) < 4.78 is 5.41. The number of ketones is 2. The fourth-order valence-corrected chi connectivity index (χ4v) is 10.2. The van der Waals surface area contributed by atoms with Gasteiger partial charge in [-0.2, -0.15) is 5.26 Å². The first kappa shape index (κ1) is 26.4. The fraction of sp³-hybridized carbons (Fsp3) is 0.750. The van der Waals surface area contributed by atoms with E-state index in [1.54, 1.807) is 0 Å². The first-order valence-corrected chi connectivity index (χ1v) is 14.1. The molecular formula is C32H43NO4. The molecule has 5 aliphatic carbocycles. The summed E-state index contributed by atoms with van der Waals surface area (Å²) in [4.78, 5) is 40.9. The van der Waals surface area contributed by atoms with E-state index in [4.69, 9.17) is 4.74 Å². The molecule has 37 heavy (non-hydrogen) atoms. The van der Waals surface area contributed by atoms with Crippen LogP contribution in [0.2, 0.25) is 0 Å². The van der Waals surface area contributed by atoms with Gasteiger partial charge < -0.3 is 4.74 Å². The molecular weight excluding hydrogens is 462 g/mol. The maximum atomic E-state index is 14.4. The van der Waals surface area contributed by atoms with Gasteiger partial charge in [-0.05, 0) is 79.1 Å². The number of ether oxygens (including phenoxy) is 1. The molecule has 0 bridgehead atoms. The van der Waals surface area contributed by atoms with Crippen LogP contribution in [0.4, 0.5) is 0 Å². The van der Waals surface area contributed by atoms with Crippen LogP contribution < -0.4 is 0 Å². The number of carbonyl (C=O) groups excluding carboxylic acids is 3. The van der Waals surface area contributed by atoms with Crippen LogP contribution in [0.3, 0.4) is 0 Å². The average Bonchev–Trinajstić information content (AvgIpc) is 2.82. The van der Waals surface area contributed by atoms with Crippen molar-refractivity contribution in [3.63, 3.8) is 0 Å². The molecule has 5 heteroatoms. The van der Waals surface area contributed by atoms with Crippen molar-refractivity contribution in [1.82, 2.24) is 0 Å². The van der Waals surface area contributed by atoms with Gasteiger partial charge >= 0.3 is 5.97 Å². The molecule has 7 atom stereocenters. The number of hydrogen-bond acceptors (Lipinski definition) is 5. The largest absolute Gasteiger partial charge is 0.469 e. The van der Waals surface area contributed by atoms with Crippen molar-refractivity contribution < 1.29 is 19.1 Å². The second-order valence-electron chi connectivity index (χ2n) is 14.9. The quantitative estimate of drug-likeness (QED) is 0.386. The number of esters is 1. The first-order valence-electron chi connectivity index (χ1n) is 14.1. The topological polar surface area (TPSA) is 84.2 Å². The number of allylic oxidation sites excluding steroid dienone is 4. The number of Topliss-reactive ketones (excluding diaryl/α,β-unsaturated/α-hetero) is 1. The smallest absolute Gasteiger partial charge is 0.312 e. The summed E-state index contributed by atoms with van der Waals surface area (Å²) in [5.74, 6) is -0.376. The third kappa shape index (κ3) is 3.11. The fourth-order valence-electron chi connectivity index (χ4n) is 10.2. The molecule has 6 unspecified atom stereocenters. The highest BCUT2D eigenvalue weighted by atomic mass is 16.5. The summed E-state index contributed by atoms with van der Waals surface area (Å²) in [5.41, 5.74) is -1.02. The maximum absolute atomic E-state index is 14.4. The van der Waals surface area contributed by atoms with Crippen LogP contribution in [0.1, 0.15) is 93.4 Å². The minimum Gasteiger partial charge on any atom is -0.469 e. The molecule has 5 aliphatic rings. The summed E-state index contributed by atoms with van der Waals surface area (Å²) in [5, 5.41) is 9.86. The van der Waals surface area contributed by atoms with Crippen molar-refractivity contribution in [2.24, 2.45) is 50.2 Å². The van der Waals surface area contributed by atoms with E-state index >= 15 is 0 Å². The van der Waals surface area contributed by atoms with Gasteiger partial charge in [0.1, 0.15) is 6.07 Å². The minimum atomic E-state index is -0.669. The number of methoxy groups -OCH3 is 1. The van der Waals surface area contributed by atoms with Crippen LogP contribution in [-0.4, -0.2) is 24.6 Å². The van der Waals surface area contributed by atoms with Gasteiger partial charge in [-0.25, -0.2) is 0 Å². The predicted octanol–water partition coefficient (Wildman–Crippen LogP) is 6.38. The number of fused-ring (bicyclic) bond motifs is 7. The van der Waals surface area contributed by atoms with Crippen molar-refractivity contribution in [2.75, 3.05) is 7.11 Å². The summed E-state index contributed by atoms with van der Waals surface area (Å²) in [7, 11) is 1.48. The minimum absolute atomic E-state index is 0.0308. The SMILES string of the molecule is COC(=O)C12CCC(C)(C)CC1C1C(=O)C=C3C4(C)C=C(C#N)C(=O)C(C)(C)C4CCC3(C)[C@]1(C)CC2. The molecule has 0 amide bonds. The van der Waals surface area contributed by atoms with E-state index < -0.39 is 16.2 Å². The highest BCUT2D eigenvalue weighted by Crippen LogP contribution is 2.74. The molecule has 0 spiro atoms. The second kappa shape index (κ2) is 7.67. The molecule has 0 aliphatic heterocycles. The van der Waals surface area contributed by atoms with E-state index in [0.29, 0.717) is 0 Å². The van der Waals surface area contributed by atoms with E-state index in [2.05, 4.69) is 40.7 Å². The molecule has 5 rings (SSSR count). The van der Waals surface area contributed by atoms with Crippen LogP contribution in [-0.2, 0) is 19.1 Å². The van der Waals surface area contributed by atoms with Gasteiger partial charge in [-0.1, -0.05) is 60.1 Å². The molecule has 0 aromatic rings. The number of rotatable bonds is 1. The summed E-state index contributed by atoms with van der Waals surface area (Å²) in [6, 6.07) is 2.17. The Balaban J connectivity index is 1.71. The molecule has 0 saturated heterocycles. The zero-order valence-electron chi connectivity index (χ0n) is 23.9. The number of nitrogens with zero attached hydrogens (tertiary/aromatic N) is 1. The van der Waals surface area contributed by atoms with Gasteiger partial charge in [-0.3, -0.25) is 14.4 Å². The zero-order chi connectivity index (χ0) is 27.4. The highest BCUT2D eigenvalue weighted by molar-refractivity contribution is 6.04. The van der Waals surface area contributed by atoms with E-state index in [9.17, 15) is 19.6 Å². The maximum Gasteiger partial charge on any atom is 0.312 e. The van der Waals surface area contributed by atoms with Crippen LogP contribution >= 0.6 is 0 Å². The number of nitriles is 1. The Hall–Kier alpha value is -2.22. The molecule has 0 heterocycles. The van der Waals surface area contributed by atoms with Crippen LogP contribution in [0.5, 0.6) is 0 Å². The van der Waals surface area contributed by atoms with Crippen molar-refractivity contribution in [3.8, 4) is 6.07 Å². The van der Waals surface area contributed by atoms with Crippen molar-refractivity contribution >= 4 is 17.5 Å². The molecule has 0 N–H and O–H groups in total. The van der Waals surface area contributed by atoms with E-state index in [0.717, 1.165) is 50.5 Å². The molecule has 0 aromatic heterocycles. The zero-order valence-corrected chi connectivity index (χ0v) is 23.9. The summed E-state index contributed by atoms with van der Waals surface area (Å²) in [6.45, 7) is 15.2. The Morgan fingerprint density at radius 2 is 1.65 bits per heavy atom. The first-order chi connectivity index (χ1) is 17.0. The Morgan fingerprint density at radius 1 is 1.00 bits per heavy atom. The normalized spacial score (nSPS) is 45.6. The third-order valence-corrected chi connectivity index (χ3v) is 12.5. The summed E-state index contributed by atoms with van der Waals surface area (Å²) >= 11 is 0. The van der Waals surface area contributed by atoms with Gasteiger partial charge in [0.05, 0.1) is 18.1 Å². The standard InChI is InChI=1S/C32H43NO4/c1-27(2)11-13-32(26(36)37-8)14-12-31(7)24(20(32)17-27)21(34)15-23-29(5)16-19(18-33)25(35)28(3,4)22(29)9-10-30(23,31)6/h15-16,20,22,24H,9-14,17H2,1-8H3/t20?,22?,24?,29?,30?,31-,32?/m1/s1. The van der Waals surface area contributed by atoms with Crippen LogP contribution in [0, 0.1) is 61.6 Å². The molecule has 3 fully saturated rings. The lowest BCUT2D eigenvalue weighted by molar-refractivity contribution is -0.191. The van der Waals surface area contributed by atoms with Crippen LogP contribution in [0.25, 0.3) is 0 Å². The monoisotopic (exact) mass is 505 g/mol. The van der Waals surface area contributed by atoms with E-state index in [1.165, 1.54) is 7.11 Å². The molecule has 3 saturated carbocycles. The Kier molecular flexibility index (Phi) is 5.47. The lowest BCUT2D eigenvalue weighted by Crippen LogP contribution is -2.65. The van der Waals surface area contributed by atoms with E-state index in [1.807, 2.05) is 26.0 Å². The van der Waals surface area contributed by atoms with E-state index in [-0.39, 0.29) is 57.1 Å². The van der Waals surface area contributed by atoms with Crippen molar-refractivity contribution in [2.45, 2.75) is 93.4 Å². The molecule has 0 radical (unpaired) electrons. The third-order valence-electron chi connectivity index (χ3n) is 12.5. The molecule has 200 valence electrons. The Bertz CT molecular complexity index is 1200. The molecule has 0 aromatic carbocycles. The van der Waals surface area contributed by atoms with Gasteiger partial charge in [0.15, 0.2) is 11.6 Å². The number of carbonyl (C=O) groups is 3. The van der Waals surface area contributed by atoms with Gasteiger partial charge in [-0.15, -0.1) is 0 Å². The van der Waals surface area contributed by atoms with Gasteiger partial charge in [0, 0.05) is 16.7 Å². The Morgan fingerprint density at radius 3 is 2.27 bits per heavy atom. The van der Waals surface area contributed by atoms with Crippen molar-refractivity contribution in [3.05, 3.63) is 23.3 Å². The van der Waals surface area contributed by atoms with Crippen LogP contribution in [0.15, 0.2) is 23.3 Å². The van der Waals surface area contributed by atoms with Gasteiger partial charge in [0.25, 0.3) is 0 Å². The highest BCUT2D eigenvalue weighted by Gasteiger charge is 2.71. The second-order valence-corrected chi connectivity index (χ2v) is 14.9. The number of hydrogen-bond donors (Lipinski definition) is 0. The van der Waals surface area contributed by atoms with Crippen molar-refractivity contribution in [1.29, 1.82) is 5.26 Å². The molecule has 5 nitrogen and oxygen atoms in total. The van der Waals surface area contributed by atoms with Gasteiger partial charge in [0.2, 0.25) is 0 Å². The Labute approximate surface area is 222 Å².